The van der Waals surface area contributed by atoms with Crippen molar-refractivity contribution in [1.82, 2.24) is 19.9 Å². The number of fused-ring (bicyclic) bond motifs is 3. The predicted molar refractivity (Wildman–Crippen MR) is 152 cm³/mol. The predicted octanol–water partition coefficient (Wildman–Crippen LogP) is 1.57. The number of piperazine rings is 1. The third-order valence-corrected chi connectivity index (χ3v) is 8.53. The highest BCUT2D eigenvalue weighted by Gasteiger charge is 2.43. The number of aromatic nitrogens is 3. The third-order valence-electron chi connectivity index (χ3n) is 8.24. The lowest BCUT2D eigenvalue weighted by atomic mass is 9.84. The van der Waals surface area contributed by atoms with E-state index in [-0.39, 0.29) is 18.1 Å². The smallest absolute Gasteiger partial charge is 0.297 e. The second kappa shape index (κ2) is 11.8. The number of hydrogen-bond donors (Lipinski definition) is 3. The maximum atomic E-state index is 13.4. The van der Waals surface area contributed by atoms with Crippen LogP contribution in [0.3, 0.4) is 0 Å². The molecule has 220 valence electrons. The van der Waals surface area contributed by atoms with E-state index in [1.807, 2.05) is 11.8 Å². The van der Waals surface area contributed by atoms with Crippen LogP contribution in [0.5, 0.6) is 5.75 Å². The second-order valence-electron chi connectivity index (χ2n) is 10.9. The lowest BCUT2D eigenvalue weighted by Gasteiger charge is -2.52. The fourth-order valence-electron chi connectivity index (χ4n) is 6.07. The number of pyridine rings is 2. The minimum absolute atomic E-state index is 0.109. The van der Waals surface area contributed by atoms with Crippen LogP contribution in [0, 0.1) is 17.3 Å². The van der Waals surface area contributed by atoms with Crippen LogP contribution in [0.4, 0.5) is 4.39 Å². The van der Waals surface area contributed by atoms with Crippen molar-refractivity contribution in [1.29, 1.82) is 5.26 Å². The average Bonchev–Trinajstić information content (AvgIpc) is 3.34. The maximum absolute atomic E-state index is 13.4. The molecular formula is C28H32ClFN9O3+. The Balaban J connectivity index is 1.19. The first-order valence-corrected chi connectivity index (χ1v) is 14.2. The van der Waals surface area contributed by atoms with Crippen molar-refractivity contribution in [3.05, 3.63) is 58.9 Å². The topological polar surface area (TPSA) is 152 Å². The number of morpholine rings is 1. The second-order valence-corrected chi connectivity index (χ2v) is 11.3. The number of aromatic amines is 1. The molecule has 14 heteroatoms. The van der Waals surface area contributed by atoms with Crippen molar-refractivity contribution < 1.29 is 23.5 Å². The molecule has 3 fully saturated rings. The van der Waals surface area contributed by atoms with Crippen LogP contribution in [0.25, 0.3) is 5.52 Å². The standard InChI is InChI=1S/C28H31ClFN9O3/c1-16(35-19-5-20(6-19)37-10-21-13-41-14-22(11-37)38(21)15-31)27(36-32)17-4-25(28-23(29)8-34-39(28)9-17)42-26(12-40)24-3-2-18(30)7-33-24/h2-4,7-9,19-22,26,40H,5-6,10-14H2,1H3,(H2,32,35)/p+1. The summed E-state index contributed by atoms with van der Waals surface area (Å²) in [6.45, 7) is 4.30. The highest BCUT2D eigenvalue weighted by molar-refractivity contribution is 6.47. The maximum Gasteiger partial charge on any atom is 0.297 e. The normalized spacial score (nSPS) is 25.6. The molecule has 3 aromatic heterocycles. The Labute approximate surface area is 246 Å². The SMILES string of the molecule is CC(=NC1CC(N2CC3COCC(C2)N3C#N)C1)/C(=N\N)c1cc(OC(CO)c2ccc(F)cn2)c2c(Cl)c[nH][n+]2c1. The van der Waals surface area contributed by atoms with Crippen molar-refractivity contribution >= 4 is 28.5 Å². The van der Waals surface area contributed by atoms with Crippen LogP contribution in [0.15, 0.2) is 46.9 Å². The van der Waals surface area contributed by atoms with Gasteiger partial charge < -0.3 is 20.4 Å². The molecule has 0 aromatic carbocycles. The zero-order chi connectivity index (χ0) is 29.4. The molecule has 3 atom stereocenters. The summed E-state index contributed by atoms with van der Waals surface area (Å²) < 4.78 is 26.9. The lowest BCUT2D eigenvalue weighted by molar-refractivity contribution is -0.577. The molecule has 12 nitrogen and oxygen atoms in total. The molecule has 2 saturated heterocycles. The summed E-state index contributed by atoms with van der Waals surface area (Å²) >= 11 is 6.45. The number of nitrogens with one attached hydrogen (secondary N) is 1. The summed E-state index contributed by atoms with van der Waals surface area (Å²) in [7, 11) is 0. The molecule has 3 aromatic rings. The van der Waals surface area contributed by atoms with Gasteiger partial charge in [0.25, 0.3) is 5.52 Å². The summed E-state index contributed by atoms with van der Waals surface area (Å²) in [6.07, 6.45) is 7.79. The third kappa shape index (κ3) is 5.38. The number of aliphatic hydroxyl groups is 1. The monoisotopic (exact) mass is 596 g/mol. The van der Waals surface area contributed by atoms with Crippen LogP contribution >= 0.6 is 11.6 Å². The molecule has 4 N–H and O–H groups in total. The molecule has 0 amide bonds. The summed E-state index contributed by atoms with van der Waals surface area (Å²) in [4.78, 5) is 13.4. The number of halogens is 2. The number of nitrogens with two attached hydrogens (primary N) is 1. The molecule has 3 unspecified atom stereocenters. The van der Waals surface area contributed by atoms with Gasteiger partial charge in [0.1, 0.15) is 16.6 Å². The van der Waals surface area contributed by atoms with Crippen molar-refractivity contribution in [3.8, 4) is 11.9 Å². The number of H-pyrrole nitrogens is 1. The van der Waals surface area contributed by atoms with Crippen LogP contribution in [0.2, 0.25) is 5.02 Å². The summed E-state index contributed by atoms with van der Waals surface area (Å²) in [5.41, 5.74) is 2.70. The first-order valence-electron chi connectivity index (χ1n) is 13.8. The molecule has 6 rings (SSSR count). The van der Waals surface area contributed by atoms with Gasteiger partial charge in [-0.15, -0.1) is 0 Å². The van der Waals surface area contributed by atoms with E-state index in [1.54, 1.807) is 23.0 Å². The van der Waals surface area contributed by atoms with E-state index in [0.717, 1.165) is 32.1 Å². The number of hydrogen-bond acceptors (Lipinski definition) is 10. The molecule has 42 heavy (non-hydrogen) atoms. The van der Waals surface area contributed by atoms with E-state index in [1.165, 1.54) is 12.1 Å². The largest absolute Gasteiger partial charge is 0.475 e. The zero-order valence-corrected chi connectivity index (χ0v) is 23.8. The fraction of sp³-hybridized carbons (Fsp3) is 0.464. The van der Waals surface area contributed by atoms with Crippen molar-refractivity contribution in [2.24, 2.45) is 15.9 Å². The lowest BCUT2D eigenvalue weighted by Crippen LogP contribution is -2.66. The van der Waals surface area contributed by atoms with Gasteiger partial charge in [0.15, 0.2) is 18.0 Å². The van der Waals surface area contributed by atoms with Gasteiger partial charge in [-0.05, 0) is 31.9 Å². The van der Waals surface area contributed by atoms with Gasteiger partial charge in [-0.2, -0.15) is 15.5 Å². The highest BCUT2D eigenvalue weighted by Crippen LogP contribution is 2.33. The molecular weight excluding hydrogens is 565 g/mol. The minimum Gasteiger partial charge on any atom is -0.475 e. The van der Waals surface area contributed by atoms with Crippen LogP contribution < -0.4 is 15.1 Å². The summed E-state index contributed by atoms with van der Waals surface area (Å²) in [6, 6.07) is 5.22. The Morgan fingerprint density at radius 2 is 2.12 bits per heavy atom. The Kier molecular flexibility index (Phi) is 7.96. The van der Waals surface area contributed by atoms with Gasteiger partial charge >= 0.3 is 0 Å². The molecule has 0 radical (unpaired) electrons. The number of rotatable bonds is 8. The zero-order valence-electron chi connectivity index (χ0n) is 23.0. The number of ether oxygens (including phenoxy) is 2. The van der Waals surface area contributed by atoms with E-state index in [9.17, 15) is 14.8 Å². The molecule has 1 saturated carbocycles. The average molecular weight is 597 g/mol. The van der Waals surface area contributed by atoms with Gasteiger partial charge in [-0.25, -0.2) is 4.39 Å². The molecule has 5 heterocycles. The van der Waals surface area contributed by atoms with Gasteiger partial charge in [-0.1, -0.05) is 16.1 Å². The van der Waals surface area contributed by atoms with E-state index in [2.05, 4.69) is 26.3 Å². The van der Waals surface area contributed by atoms with Crippen molar-refractivity contribution in [2.75, 3.05) is 32.9 Å². The molecule has 2 aliphatic heterocycles. The first kappa shape index (κ1) is 28.3. The highest BCUT2D eigenvalue weighted by atomic mass is 35.5. The van der Waals surface area contributed by atoms with Crippen molar-refractivity contribution in [3.63, 3.8) is 0 Å². The number of nitrogens with zero attached hydrogens (tertiary/aromatic N) is 7. The van der Waals surface area contributed by atoms with Gasteiger partial charge in [0.2, 0.25) is 6.20 Å². The molecule has 3 aliphatic rings. The Morgan fingerprint density at radius 1 is 1.36 bits per heavy atom. The van der Waals surface area contributed by atoms with Crippen LogP contribution in [-0.2, 0) is 4.74 Å². The van der Waals surface area contributed by atoms with Gasteiger partial charge in [-0.3, -0.25) is 19.8 Å². The van der Waals surface area contributed by atoms with Gasteiger partial charge in [0, 0.05) is 25.2 Å². The van der Waals surface area contributed by atoms with Crippen LogP contribution in [0.1, 0.15) is 37.1 Å². The Hall–Kier alpha value is -3.83. The van der Waals surface area contributed by atoms with Gasteiger partial charge in [0.05, 0.1) is 67.3 Å². The summed E-state index contributed by atoms with van der Waals surface area (Å²) in [5.74, 6) is 5.75. The number of hydrazone groups is 1. The number of nitriles is 1. The Morgan fingerprint density at radius 3 is 2.76 bits per heavy atom. The molecule has 2 bridgehead atoms. The number of aliphatic hydroxyl groups excluding tert-OH is 1. The summed E-state index contributed by atoms with van der Waals surface area (Å²) in [5, 5.41) is 27.1. The van der Waals surface area contributed by atoms with E-state index >= 15 is 0 Å². The number of aliphatic imine (C=N–C) groups is 1. The fourth-order valence-corrected chi connectivity index (χ4v) is 6.30. The molecule has 1 aliphatic carbocycles. The minimum atomic E-state index is -0.864. The van der Waals surface area contributed by atoms with E-state index in [0.29, 0.717) is 58.2 Å². The Bertz CT molecular complexity index is 1540. The quantitative estimate of drug-likeness (QED) is 0.116. The van der Waals surface area contributed by atoms with Crippen molar-refractivity contribution in [2.45, 2.75) is 50.0 Å². The van der Waals surface area contributed by atoms with E-state index < -0.39 is 18.5 Å². The van der Waals surface area contributed by atoms with Crippen LogP contribution in [-0.4, -0.2) is 93.5 Å². The molecule has 0 spiro atoms. The first-order chi connectivity index (χ1) is 20.4. The van der Waals surface area contributed by atoms with E-state index in [4.69, 9.17) is 31.9 Å².